The summed E-state index contributed by atoms with van der Waals surface area (Å²) in [5.74, 6) is 0.417. The van der Waals surface area contributed by atoms with Crippen LogP contribution in [0.4, 0.5) is 0 Å². The molecule has 4 nitrogen and oxygen atoms in total. The molecule has 0 saturated carbocycles. The van der Waals surface area contributed by atoms with Crippen molar-refractivity contribution in [2.75, 3.05) is 6.54 Å². The van der Waals surface area contributed by atoms with Crippen molar-refractivity contribution in [1.29, 1.82) is 0 Å². The molecule has 0 fully saturated rings. The summed E-state index contributed by atoms with van der Waals surface area (Å²) in [5, 5.41) is 4.95. The quantitative estimate of drug-likeness (QED) is 0.922. The molecule has 3 rings (SSSR count). The molecule has 0 aromatic carbocycles. The molecule has 0 radical (unpaired) electrons. The SMILES string of the molecule is CC(C)(C)n1nc(-c2cccnc2)c2c1CCCC2CN. The van der Waals surface area contributed by atoms with Gasteiger partial charge >= 0.3 is 0 Å². The van der Waals surface area contributed by atoms with E-state index in [-0.39, 0.29) is 5.54 Å². The van der Waals surface area contributed by atoms with Crippen LogP contribution in [0.15, 0.2) is 24.5 Å². The van der Waals surface area contributed by atoms with E-state index in [0.29, 0.717) is 12.5 Å². The Balaban J connectivity index is 2.23. The van der Waals surface area contributed by atoms with Crippen molar-refractivity contribution in [2.24, 2.45) is 5.73 Å². The van der Waals surface area contributed by atoms with Gasteiger partial charge < -0.3 is 5.73 Å². The predicted octanol–water partition coefficient (Wildman–Crippen LogP) is 3.08. The number of pyridine rings is 1. The van der Waals surface area contributed by atoms with Gasteiger partial charge in [0.1, 0.15) is 0 Å². The fourth-order valence-electron chi connectivity index (χ4n) is 3.30. The van der Waals surface area contributed by atoms with Crippen LogP contribution < -0.4 is 5.73 Å². The first-order valence-electron chi connectivity index (χ1n) is 7.75. The zero-order valence-corrected chi connectivity index (χ0v) is 13.1. The van der Waals surface area contributed by atoms with Gasteiger partial charge in [0, 0.05) is 35.1 Å². The van der Waals surface area contributed by atoms with E-state index in [0.717, 1.165) is 24.1 Å². The predicted molar refractivity (Wildman–Crippen MR) is 85.2 cm³/mol. The van der Waals surface area contributed by atoms with Gasteiger partial charge in [-0.2, -0.15) is 5.10 Å². The summed E-state index contributed by atoms with van der Waals surface area (Å²) < 4.78 is 2.20. The summed E-state index contributed by atoms with van der Waals surface area (Å²) in [6, 6.07) is 4.06. The van der Waals surface area contributed by atoms with Gasteiger partial charge in [-0.25, -0.2) is 0 Å². The summed E-state index contributed by atoms with van der Waals surface area (Å²) in [6.07, 6.45) is 7.15. The molecule has 1 aliphatic carbocycles. The molecule has 0 amide bonds. The Hall–Kier alpha value is -1.68. The van der Waals surface area contributed by atoms with E-state index >= 15 is 0 Å². The molecule has 0 saturated heterocycles. The number of nitrogens with zero attached hydrogens (tertiary/aromatic N) is 3. The van der Waals surface area contributed by atoms with Crippen LogP contribution in [0, 0.1) is 0 Å². The highest BCUT2D eigenvalue weighted by molar-refractivity contribution is 5.64. The van der Waals surface area contributed by atoms with E-state index in [1.54, 1.807) is 6.20 Å². The first-order valence-corrected chi connectivity index (χ1v) is 7.75. The van der Waals surface area contributed by atoms with Gasteiger partial charge in [0.2, 0.25) is 0 Å². The Morgan fingerprint density at radius 3 is 2.81 bits per heavy atom. The number of hydrogen-bond acceptors (Lipinski definition) is 3. The molecule has 21 heavy (non-hydrogen) atoms. The van der Waals surface area contributed by atoms with Crippen molar-refractivity contribution in [3.05, 3.63) is 35.8 Å². The van der Waals surface area contributed by atoms with Crippen LogP contribution in [0.25, 0.3) is 11.3 Å². The van der Waals surface area contributed by atoms with Crippen LogP contribution >= 0.6 is 0 Å². The lowest BCUT2D eigenvalue weighted by atomic mass is 9.84. The summed E-state index contributed by atoms with van der Waals surface area (Å²) in [4.78, 5) is 4.25. The summed E-state index contributed by atoms with van der Waals surface area (Å²) >= 11 is 0. The van der Waals surface area contributed by atoms with E-state index in [9.17, 15) is 0 Å². The summed E-state index contributed by atoms with van der Waals surface area (Å²) in [7, 11) is 0. The second kappa shape index (κ2) is 5.26. The van der Waals surface area contributed by atoms with Gasteiger partial charge in [0.15, 0.2) is 0 Å². The van der Waals surface area contributed by atoms with Gasteiger partial charge in [0.05, 0.1) is 11.2 Å². The lowest BCUT2D eigenvalue weighted by Crippen LogP contribution is -2.27. The zero-order chi connectivity index (χ0) is 15.0. The highest BCUT2D eigenvalue weighted by atomic mass is 15.3. The molecule has 0 spiro atoms. The Morgan fingerprint density at radius 1 is 1.38 bits per heavy atom. The van der Waals surface area contributed by atoms with Crippen molar-refractivity contribution in [2.45, 2.75) is 51.5 Å². The lowest BCUT2D eigenvalue weighted by Gasteiger charge is -2.27. The average molecular weight is 284 g/mol. The summed E-state index contributed by atoms with van der Waals surface area (Å²) in [5.41, 5.74) is 10.9. The smallest absolute Gasteiger partial charge is 0.0977 e. The highest BCUT2D eigenvalue weighted by Gasteiger charge is 2.31. The molecule has 0 bridgehead atoms. The third-order valence-corrected chi connectivity index (χ3v) is 4.25. The van der Waals surface area contributed by atoms with E-state index in [4.69, 9.17) is 10.8 Å². The van der Waals surface area contributed by atoms with Gasteiger partial charge in [-0.15, -0.1) is 0 Å². The van der Waals surface area contributed by atoms with Gasteiger partial charge in [-0.05, 0) is 58.7 Å². The largest absolute Gasteiger partial charge is 0.330 e. The minimum Gasteiger partial charge on any atom is -0.330 e. The van der Waals surface area contributed by atoms with Crippen molar-refractivity contribution < 1.29 is 0 Å². The van der Waals surface area contributed by atoms with E-state index in [2.05, 4.69) is 36.5 Å². The molecule has 1 atom stereocenters. The third kappa shape index (κ3) is 2.48. The maximum absolute atomic E-state index is 6.03. The Bertz CT molecular complexity index is 622. The van der Waals surface area contributed by atoms with Crippen LogP contribution in [0.5, 0.6) is 0 Å². The molecule has 112 valence electrons. The molecule has 2 aromatic rings. The number of rotatable bonds is 2. The van der Waals surface area contributed by atoms with E-state index in [1.165, 1.54) is 17.7 Å². The van der Waals surface area contributed by atoms with Gasteiger partial charge in [0.25, 0.3) is 0 Å². The fraction of sp³-hybridized carbons (Fsp3) is 0.529. The first-order chi connectivity index (χ1) is 10.0. The number of hydrogen-bond donors (Lipinski definition) is 1. The topological polar surface area (TPSA) is 56.7 Å². The minimum absolute atomic E-state index is 0.0129. The lowest BCUT2D eigenvalue weighted by molar-refractivity contribution is 0.338. The second-order valence-corrected chi connectivity index (χ2v) is 6.86. The van der Waals surface area contributed by atoms with Crippen LogP contribution in [-0.2, 0) is 12.0 Å². The maximum atomic E-state index is 6.03. The molecule has 1 aliphatic rings. The monoisotopic (exact) mass is 284 g/mol. The van der Waals surface area contributed by atoms with Gasteiger partial charge in [-0.3, -0.25) is 9.67 Å². The first kappa shape index (κ1) is 14.3. The number of aromatic nitrogens is 3. The van der Waals surface area contributed by atoms with Crippen LogP contribution in [-0.4, -0.2) is 21.3 Å². The zero-order valence-electron chi connectivity index (χ0n) is 13.1. The fourth-order valence-corrected chi connectivity index (χ4v) is 3.30. The molecule has 2 N–H and O–H groups in total. The molecule has 1 unspecified atom stereocenters. The van der Waals surface area contributed by atoms with Crippen molar-refractivity contribution in [3.8, 4) is 11.3 Å². The van der Waals surface area contributed by atoms with Crippen LogP contribution in [0.2, 0.25) is 0 Å². The normalized spacial score (nSPS) is 18.6. The number of fused-ring (bicyclic) bond motifs is 1. The molecule has 2 aromatic heterocycles. The van der Waals surface area contributed by atoms with Crippen molar-refractivity contribution in [3.63, 3.8) is 0 Å². The Kier molecular flexibility index (Phi) is 3.57. The Morgan fingerprint density at radius 2 is 2.19 bits per heavy atom. The van der Waals surface area contributed by atoms with E-state index < -0.39 is 0 Å². The molecule has 4 heteroatoms. The van der Waals surface area contributed by atoms with Crippen molar-refractivity contribution in [1.82, 2.24) is 14.8 Å². The van der Waals surface area contributed by atoms with Gasteiger partial charge in [-0.1, -0.05) is 0 Å². The Labute approximate surface area is 126 Å². The molecular formula is C17H24N4. The van der Waals surface area contributed by atoms with Crippen molar-refractivity contribution >= 4 is 0 Å². The number of nitrogens with two attached hydrogens (primary N) is 1. The average Bonchev–Trinajstić information content (AvgIpc) is 2.88. The van der Waals surface area contributed by atoms with Crippen LogP contribution in [0.1, 0.15) is 50.8 Å². The molecule has 2 heterocycles. The van der Waals surface area contributed by atoms with E-state index in [1.807, 2.05) is 12.3 Å². The highest BCUT2D eigenvalue weighted by Crippen LogP contribution is 2.39. The maximum Gasteiger partial charge on any atom is 0.0977 e. The molecule has 0 aliphatic heterocycles. The summed E-state index contributed by atoms with van der Waals surface area (Å²) in [6.45, 7) is 7.31. The third-order valence-electron chi connectivity index (χ3n) is 4.25. The molecular weight excluding hydrogens is 260 g/mol. The standard InChI is InChI=1S/C17H24N4/c1-17(2,3)21-14-8-4-6-12(10-18)15(14)16(20-21)13-7-5-9-19-11-13/h5,7,9,11-12H,4,6,8,10,18H2,1-3H3. The second-order valence-electron chi connectivity index (χ2n) is 6.86. The van der Waals surface area contributed by atoms with Crippen LogP contribution in [0.3, 0.4) is 0 Å². The minimum atomic E-state index is -0.0129.